The molecule has 0 bridgehead atoms. The van der Waals surface area contributed by atoms with E-state index in [0.717, 1.165) is 12.5 Å². The van der Waals surface area contributed by atoms with Crippen LogP contribution in [-0.2, 0) is 0 Å². The van der Waals surface area contributed by atoms with Gasteiger partial charge in [0.2, 0.25) is 0 Å². The third-order valence-electron chi connectivity index (χ3n) is 2.84. The van der Waals surface area contributed by atoms with Crippen molar-refractivity contribution < 1.29 is 0 Å². The molecule has 1 saturated carbocycles. The summed E-state index contributed by atoms with van der Waals surface area (Å²) in [5.74, 6) is 1.02. The first-order valence-corrected chi connectivity index (χ1v) is 6.22. The maximum atomic E-state index is 3.49. The normalized spacial score (nSPS) is 18.9. The summed E-state index contributed by atoms with van der Waals surface area (Å²) in [7, 11) is 0. The Morgan fingerprint density at radius 3 is 2.57 bits per heavy atom. The van der Waals surface area contributed by atoms with Crippen LogP contribution in [0.25, 0.3) is 0 Å². The van der Waals surface area contributed by atoms with E-state index in [-0.39, 0.29) is 0 Å². The lowest BCUT2D eigenvalue weighted by Gasteiger charge is -2.25. The van der Waals surface area contributed by atoms with E-state index in [1.807, 2.05) is 0 Å². The van der Waals surface area contributed by atoms with Crippen LogP contribution < -0.4 is 5.32 Å². The Morgan fingerprint density at radius 1 is 1.36 bits per heavy atom. The van der Waals surface area contributed by atoms with Gasteiger partial charge in [-0.15, -0.1) is 0 Å². The third-order valence-corrected chi connectivity index (χ3v) is 2.84. The van der Waals surface area contributed by atoms with Crippen LogP contribution >= 0.6 is 0 Å². The summed E-state index contributed by atoms with van der Waals surface area (Å²) in [5.41, 5.74) is 0. The van der Waals surface area contributed by atoms with Gasteiger partial charge in [-0.1, -0.05) is 13.8 Å². The molecule has 0 saturated heterocycles. The van der Waals surface area contributed by atoms with Crippen LogP contribution in [0.3, 0.4) is 0 Å². The SMILES string of the molecule is CCCN(CC1CC1)CC(C)NCC. The fraction of sp³-hybridized carbons (Fsp3) is 1.00. The van der Waals surface area contributed by atoms with E-state index in [1.165, 1.54) is 38.9 Å². The standard InChI is InChI=1S/C12H26N2/c1-4-8-14(10-12-6-7-12)9-11(3)13-5-2/h11-13H,4-10H2,1-3H3. The number of nitrogens with one attached hydrogen (secondary N) is 1. The molecule has 0 spiro atoms. The molecule has 1 N–H and O–H groups in total. The summed E-state index contributed by atoms with van der Waals surface area (Å²) in [6, 6.07) is 0.644. The van der Waals surface area contributed by atoms with Crippen molar-refractivity contribution in [2.45, 2.75) is 46.1 Å². The van der Waals surface area contributed by atoms with Crippen LogP contribution in [0.2, 0.25) is 0 Å². The van der Waals surface area contributed by atoms with Crippen LogP contribution in [0.15, 0.2) is 0 Å². The second kappa shape index (κ2) is 6.41. The molecule has 0 aromatic heterocycles. The average molecular weight is 198 g/mol. The monoisotopic (exact) mass is 198 g/mol. The lowest BCUT2D eigenvalue weighted by atomic mass is 10.2. The van der Waals surface area contributed by atoms with Crippen LogP contribution in [0, 0.1) is 5.92 Å². The maximum Gasteiger partial charge on any atom is 0.0166 e. The summed E-state index contributed by atoms with van der Waals surface area (Å²) in [5, 5.41) is 3.49. The van der Waals surface area contributed by atoms with Gasteiger partial charge in [-0.3, -0.25) is 0 Å². The highest BCUT2D eigenvalue weighted by Gasteiger charge is 2.24. The number of hydrogen-bond acceptors (Lipinski definition) is 2. The first kappa shape index (κ1) is 12.0. The van der Waals surface area contributed by atoms with E-state index in [9.17, 15) is 0 Å². The maximum absolute atomic E-state index is 3.49. The molecule has 1 aliphatic carbocycles. The topological polar surface area (TPSA) is 15.3 Å². The lowest BCUT2D eigenvalue weighted by molar-refractivity contribution is 0.239. The first-order valence-electron chi connectivity index (χ1n) is 6.22. The van der Waals surface area contributed by atoms with E-state index >= 15 is 0 Å². The van der Waals surface area contributed by atoms with Gasteiger partial charge in [-0.05, 0) is 45.2 Å². The molecule has 1 rings (SSSR count). The Hall–Kier alpha value is -0.0800. The van der Waals surface area contributed by atoms with E-state index in [2.05, 4.69) is 31.0 Å². The third kappa shape index (κ3) is 4.97. The zero-order valence-electron chi connectivity index (χ0n) is 10.1. The smallest absolute Gasteiger partial charge is 0.0166 e. The first-order chi connectivity index (χ1) is 6.76. The van der Waals surface area contributed by atoms with Crippen LogP contribution in [0.1, 0.15) is 40.0 Å². The Balaban J connectivity index is 2.18. The van der Waals surface area contributed by atoms with Gasteiger partial charge in [0.25, 0.3) is 0 Å². The molecule has 14 heavy (non-hydrogen) atoms. The molecule has 2 heteroatoms. The van der Waals surface area contributed by atoms with Gasteiger partial charge in [-0.2, -0.15) is 0 Å². The lowest BCUT2D eigenvalue weighted by Crippen LogP contribution is -2.40. The summed E-state index contributed by atoms with van der Waals surface area (Å²) in [6.45, 7) is 11.7. The molecular weight excluding hydrogens is 172 g/mol. The van der Waals surface area contributed by atoms with E-state index < -0.39 is 0 Å². The largest absolute Gasteiger partial charge is 0.313 e. The quantitative estimate of drug-likeness (QED) is 0.642. The fourth-order valence-corrected chi connectivity index (χ4v) is 2.04. The molecule has 2 nitrogen and oxygen atoms in total. The Morgan fingerprint density at radius 2 is 2.07 bits per heavy atom. The average Bonchev–Trinajstić information content (AvgIpc) is 2.89. The predicted octanol–water partition coefficient (Wildman–Crippen LogP) is 2.11. The molecule has 1 unspecified atom stereocenters. The number of likely N-dealkylation sites (N-methyl/N-ethyl adjacent to an activating group) is 1. The molecule has 0 aromatic carbocycles. The minimum absolute atomic E-state index is 0.644. The second-order valence-corrected chi connectivity index (χ2v) is 4.66. The van der Waals surface area contributed by atoms with Gasteiger partial charge in [0.1, 0.15) is 0 Å². The molecule has 0 aromatic rings. The Bertz CT molecular complexity index is 143. The second-order valence-electron chi connectivity index (χ2n) is 4.66. The Labute approximate surface area is 89.1 Å². The molecule has 1 fully saturated rings. The summed E-state index contributed by atoms with van der Waals surface area (Å²) in [4.78, 5) is 2.63. The molecule has 0 heterocycles. The minimum atomic E-state index is 0.644. The van der Waals surface area contributed by atoms with Crippen molar-refractivity contribution in [2.75, 3.05) is 26.2 Å². The van der Waals surface area contributed by atoms with E-state index in [0.29, 0.717) is 6.04 Å². The Kier molecular flexibility index (Phi) is 5.49. The van der Waals surface area contributed by atoms with Crippen molar-refractivity contribution >= 4 is 0 Å². The number of hydrogen-bond donors (Lipinski definition) is 1. The van der Waals surface area contributed by atoms with Crippen molar-refractivity contribution in [3.8, 4) is 0 Å². The van der Waals surface area contributed by atoms with Crippen molar-refractivity contribution in [3.05, 3.63) is 0 Å². The van der Waals surface area contributed by atoms with Crippen molar-refractivity contribution in [2.24, 2.45) is 5.92 Å². The van der Waals surface area contributed by atoms with Crippen LogP contribution in [0.5, 0.6) is 0 Å². The number of rotatable bonds is 8. The van der Waals surface area contributed by atoms with E-state index in [4.69, 9.17) is 0 Å². The van der Waals surface area contributed by atoms with Crippen LogP contribution in [-0.4, -0.2) is 37.1 Å². The summed E-state index contributed by atoms with van der Waals surface area (Å²) in [6.07, 6.45) is 4.22. The molecule has 0 radical (unpaired) electrons. The molecule has 1 aliphatic rings. The number of nitrogens with zero attached hydrogens (tertiary/aromatic N) is 1. The van der Waals surface area contributed by atoms with Crippen molar-refractivity contribution in [1.29, 1.82) is 0 Å². The highest BCUT2D eigenvalue weighted by atomic mass is 15.1. The van der Waals surface area contributed by atoms with E-state index in [1.54, 1.807) is 0 Å². The fourth-order valence-electron chi connectivity index (χ4n) is 2.04. The molecule has 0 aliphatic heterocycles. The zero-order valence-corrected chi connectivity index (χ0v) is 10.1. The molecular formula is C12H26N2. The van der Waals surface area contributed by atoms with Gasteiger partial charge >= 0.3 is 0 Å². The minimum Gasteiger partial charge on any atom is -0.313 e. The van der Waals surface area contributed by atoms with Crippen molar-refractivity contribution in [1.82, 2.24) is 10.2 Å². The van der Waals surface area contributed by atoms with Gasteiger partial charge < -0.3 is 10.2 Å². The summed E-state index contributed by atoms with van der Waals surface area (Å²) >= 11 is 0. The summed E-state index contributed by atoms with van der Waals surface area (Å²) < 4.78 is 0. The van der Waals surface area contributed by atoms with Gasteiger partial charge in [0, 0.05) is 19.1 Å². The molecule has 84 valence electrons. The highest BCUT2D eigenvalue weighted by Crippen LogP contribution is 2.29. The van der Waals surface area contributed by atoms with Gasteiger partial charge in [-0.25, -0.2) is 0 Å². The van der Waals surface area contributed by atoms with Gasteiger partial charge in [0.05, 0.1) is 0 Å². The zero-order chi connectivity index (χ0) is 10.4. The highest BCUT2D eigenvalue weighted by molar-refractivity contribution is 4.78. The van der Waals surface area contributed by atoms with Gasteiger partial charge in [0.15, 0.2) is 0 Å². The predicted molar refractivity (Wildman–Crippen MR) is 62.6 cm³/mol. The van der Waals surface area contributed by atoms with Crippen molar-refractivity contribution in [3.63, 3.8) is 0 Å². The van der Waals surface area contributed by atoms with Crippen LogP contribution in [0.4, 0.5) is 0 Å². The molecule has 0 amide bonds. The molecule has 1 atom stereocenters.